The molecule has 4 heteroatoms. The van der Waals surface area contributed by atoms with Crippen LogP contribution < -0.4 is 0 Å². The SMILES string of the molecule is Cc1ccc(C)c(CN(C)CC(O)CCC(=O)O)c1. The topological polar surface area (TPSA) is 60.8 Å². The number of aliphatic carboxylic acids is 1. The molecule has 0 fully saturated rings. The zero-order chi connectivity index (χ0) is 14.4. The molecule has 1 aromatic carbocycles. The van der Waals surface area contributed by atoms with Crippen LogP contribution in [0.2, 0.25) is 0 Å². The Hall–Kier alpha value is -1.39. The number of carboxylic acids is 1. The van der Waals surface area contributed by atoms with Crippen molar-refractivity contribution in [3.05, 3.63) is 34.9 Å². The van der Waals surface area contributed by atoms with Gasteiger partial charge in [0.1, 0.15) is 0 Å². The van der Waals surface area contributed by atoms with Crippen LogP contribution in [0.4, 0.5) is 0 Å². The summed E-state index contributed by atoms with van der Waals surface area (Å²) in [5.41, 5.74) is 3.70. The number of carbonyl (C=O) groups is 1. The molecule has 0 saturated carbocycles. The number of rotatable bonds is 7. The molecule has 0 amide bonds. The quantitative estimate of drug-likeness (QED) is 0.791. The number of carboxylic acid groups (broad SMARTS) is 1. The third kappa shape index (κ3) is 5.85. The van der Waals surface area contributed by atoms with Crippen LogP contribution in [0.3, 0.4) is 0 Å². The van der Waals surface area contributed by atoms with Crippen LogP contribution in [0.15, 0.2) is 18.2 Å². The summed E-state index contributed by atoms with van der Waals surface area (Å²) < 4.78 is 0. The second-order valence-electron chi connectivity index (χ2n) is 5.21. The molecule has 2 N–H and O–H groups in total. The number of aryl methyl sites for hydroxylation is 2. The molecule has 1 unspecified atom stereocenters. The molecule has 0 bridgehead atoms. The summed E-state index contributed by atoms with van der Waals surface area (Å²) in [5.74, 6) is -0.865. The molecule has 19 heavy (non-hydrogen) atoms. The molecule has 0 aliphatic carbocycles. The second-order valence-corrected chi connectivity index (χ2v) is 5.21. The average Bonchev–Trinajstić information content (AvgIpc) is 2.31. The summed E-state index contributed by atoms with van der Waals surface area (Å²) in [6, 6.07) is 6.33. The number of likely N-dealkylation sites (N-methyl/N-ethyl adjacent to an activating group) is 1. The van der Waals surface area contributed by atoms with Gasteiger partial charge in [-0.05, 0) is 38.4 Å². The average molecular weight is 265 g/mol. The van der Waals surface area contributed by atoms with Crippen molar-refractivity contribution < 1.29 is 15.0 Å². The highest BCUT2D eigenvalue weighted by atomic mass is 16.4. The van der Waals surface area contributed by atoms with E-state index in [0.717, 1.165) is 6.54 Å². The van der Waals surface area contributed by atoms with Crippen LogP contribution in [0.25, 0.3) is 0 Å². The Kier molecular flexibility index (Phi) is 5.99. The zero-order valence-electron chi connectivity index (χ0n) is 11.9. The highest BCUT2D eigenvalue weighted by Gasteiger charge is 2.11. The first kappa shape index (κ1) is 15.7. The van der Waals surface area contributed by atoms with Gasteiger partial charge in [-0.1, -0.05) is 23.8 Å². The lowest BCUT2D eigenvalue weighted by atomic mass is 10.1. The minimum atomic E-state index is -0.865. The molecule has 1 rings (SSSR count). The first-order chi connectivity index (χ1) is 8.88. The summed E-state index contributed by atoms with van der Waals surface area (Å²) in [6.45, 7) is 5.38. The van der Waals surface area contributed by atoms with E-state index < -0.39 is 12.1 Å². The molecule has 106 valence electrons. The summed E-state index contributed by atoms with van der Waals surface area (Å²) in [5, 5.41) is 18.3. The van der Waals surface area contributed by atoms with Gasteiger partial charge in [0.2, 0.25) is 0 Å². The van der Waals surface area contributed by atoms with Gasteiger partial charge in [0.15, 0.2) is 0 Å². The van der Waals surface area contributed by atoms with E-state index in [0.29, 0.717) is 13.0 Å². The van der Waals surface area contributed by atoms with Crippen molar-refractivity contribution in [2.45, 2.75) is 39.3 Å². The Bertz CT molecular complexity index is 431. The highest BCUT2D eigenvalue weighted by molar-refractivity contribution is 5.66. The smallest absolute Gasteiger partial charge is 0.303 e. The van der Waals surface area contributed by atoms with Crippen molar-refractivity contribution in [1.29, 1.82) is 0 Å². The third-order valence-corrected chi connectivity index (χ3v) is 3.16. The normalized spacial score (nSPS) is 12.7. The van der Waals surface area contributed by atoms with Crippen molar-refractivity contribution >= 4 is 5.97 Å². The number of nitrogens with zero attached hydrogens (tertiary/aromatic N) is 1. The molecule has 1 atom stereocenters. The van der Waals surface area contributed by atoms with E-state index in [9.17, 15) is 9.90 Å². The van der Waals surface area contributed by atoms with Crippen molar-refractivity contribution in [3.63, 3.8) is 0 Å². The summed E-state index contributed by atoms with van der Waals surface area (Å²) in [7, 11) is 1.94. The van der Waals surface area contributed by atoms with Gasteiger partial charge < -0.3 is 10.2 Å². The minimum absolute atomic E-state index is 0.0124. The summed E-state index contributed by atoms with van der Waals surface area (Å²) in [6.07, 6.45) is -0.281. The molecule has 0 aromatic heterocycles. The molecule has 4 nitrogen and oxygen atoms in total. The van der Waals surface area contributed by atoms with Crippen molar-refractivity contribution in [2.75, 3.05) is 13.6 Å². The molecule has 0 aliphatic rings. The standard InChI is InChI=1S/C15H23NO3/c1-11-4-5-12(2)13(8-11)9-16(3)10-14(17)6-7-15(18)19/h4-5,8,14,17H,6-7,9-10H2,1-3H3,(H,18,19). The van der Waals surface area contributed by atoms with Gasteiger partial charge >= 0.3 is 5.97 Å². The van der Waals surface area contributed by atoms with Gasteiger partial charge in [0, 0.05) is 19.5 Å². The zero-order valence-corrected chi connectivity index (χ0v) is 11.9. The van der Waals surface area contributed by atoms with Gasteiger partial charge in [-0.15, -0.1) is 0 Å². The molecule has 0 radical (unpaired) electrons. The van der Waals surface area contributed by atoms with Gasteiger partial charge in [-0.25, -0.2) is 0 Å². The molecule has 0 saturated heterocycles. The van der Waals surface area contributed by atoms with E-state index >= 15 is 0 Å². The minimum Gasteiger partial charge on any atom is -0.481 e. The summed E-state index contributed by atoms with van der Waals surface area (Å²) in [4.78, 5) is 12.5. The first-order valence-corrected chi connectivity index (χ1v) is 6.53. The lowest BCUT2D eigenvalue weighted by Crippen LogP contribution is -2.29. The van der Waals surface area contributed by atoms with E-state index in [1.54, 1.807) is 0 Å². The fourth-order valence-corrected chi connectivity index (χ4v) is 2.07. The molecule has 0 heterocycles. The van der Waals surface area contributed by atoms with E-state index in [1.807, 2.05) is 11.9 Å². The van der Waals surface area contributed by atoms with Gasteiger partial charge in [0.05, 0.1) is 6.10 Å². The van der Waals surface area contributed by atoms with Gasteiger partial charge in [0.25, 0.3) is 0 Å². The fraction of sp³-hybridized carbons (Fsp3) is 0.533. The van der Waals surface area contributed by atoms with Crippen LogP contribution in [-0.4, -0.2) is 40.8 Å². The van der Waals surface area contributed by atoms with Crippen LogP contribution in [0.5, 0.6) is 0 Å². The predicted octanol–water partition coefficient (Wildman–Crippen LogP) is 1.96. The van der Waals surface area contributed by atoms with Gasteiger partial charge in [-0.2, -0.15) is 0 Å². The van der Waals surface area contributed by atoms with E-state index in [4.69, 9.17) is 5.11 Å². The lowest BCUT2D eigenvalue weighted by molar-refractivity contribution is -0.137. The molecule has 1 aromatic rings. The highest BCUT2D eigenvalue weighted by Crippen LogP contribution is 2.13. The van der Waals surface area contributed by atoms with Crippen LogP contribution in [0, 0.1) is 13.8 Å². The van der Waals surface area contributed by atoms with E-state index in [1.165, 1.54) is 16.7 Å². The maximum absolute atomic E-state index is 10.4. The number of aliphatic hydroxyl groups is 1. The molecular formula is C15H23NO3. The Balaban J connectivity index is 2.48. The number of benzene rings is 1. The predicted molar refractivity (Wildman–Crippen MR) is 75.1 cm³/mol. The maximum Gasteiger partial charge on any atom is 0.303 e. The van der Waals surface area contributed by atoms with Gasteiger partial charge in [-0.3, -0.25) is 9.69 Å². The molecular weight excluding hydrogens is 242 g/mol. The number of hydrogen-bond acceptors (Lipinski definition) is 3. The number of hydrogen-bond donors (Lipinski definition) is 2. The Labute approximate surface area is 114 Å². The Morgan fingerprint density at radius 3 is 2.68 bits per heavy atom. The Morgan fingerprint density at radius 1 is 1.37 bits per heavy atom. The monoisotopic (exact) mass is 265 g/mol. The summed E-state index contributed by atoms with van der Waals surface area (Å²) >= 11 is 0. The largest absolute Gasteiger partial charge is 0.481 e. The maximum atomic E-state index is 10.4. The van der Waals surface area contributed by atoms with Crippen LogP contribution in [-0.2, 0) is 11.3 Å². The Morgan fingerprint density at radius 2 is 2.05 bits per heavy atom. The number of aliphatic hydroxyl groups excluding tert-OH is 1. The fourth-order valence-electron chi connectivity index (χ4n) is 2.07. The van der Waals surface area contributed by atoms with Crippen molar-refractivity contribution in [1.82, 2.24) is 4.90 Å². The van der Waals surface area contributed by atoms with E-state index in [2.05, 4.69) is 32.0 Å². The molecule has 0 spiro atoms. The van der Waals surface area contributed by atoms with Crippen molar-refractivity contribution in [3.8, 4) is 0 Å². The second kappa shape index (κ2) is 7.26. The lowest BCUT2D eigenvalue weighted by Gasteiger charge is -2.21. The van der Waals surface area contributed by atoms with E-state index in [-0.39, 0.29) is 6.42 Å². The van der Waals surface area contributed by atoms with Crippen LogP contribution in [0.1, 0.15) is 29.5 Å². The van der Waals surface area contributed by atoms with Crippen molar-refractivity contribution in [2.24, 2.45) is 0 Å². The molecule has 0 aliphatic heterocycles. The first-order valence-electron chi connectivity index (χ1n) is 6.53. The van der Waals surface area contributed by atoms with Crippen LogP contribution >= 0.6 is 0 Å². The third-order valence-electron chi connectivity index (χ3n) is 3.16.